The number of aromatic nitrogens is 1. The molecule has 2 aromatic rings. The second-order valence-corrected chi connectivity index (χ2v) is 5.45. The molecule has 0 bridgehead atoms. The van der Waals surface area contributed by atoms with Gasteiger partial charge < -0.3 is 0 Å². The SMILES string of the molecule is Cc1c[se]c(N/N=C/c2ccc(Cl)cc2)n1. The molecule has 1 aromatic heterocycles. The molecular weight excluding hydrogens is 289 g/mol. The van der Waals surface area contributed by atoms with E-state index in [1.807, 2.05) is 31.2 Å². The van der Waals surface area contributed by atoms with Crippen LogP contribution in [0, 0.1) is 6.92 Å². The van der Waals surface area contributed by atoms with Gasteiger partial charge in [0.1, 0.15) is 0 Å². The summed E-state index contributed by atoms with van der Waals surface area (Å²) in [5.74, 6) is 0. The molecule has 0 saturated carbocycles. The van der Waals surface area contributed by atoms with Crippen LogP contribution in [-0.2, 0) is 0 Å². The van der Waals surface area contributed by atoms with E-state index in [9.17, 15) is 0 Å². The topological polar surface area (TPSA) is 37.3 Å². The third-order valence-corrected chi connectivity index (χ3v) is 3.93. The molecule has 0 aliphatic rings. The summed E-state index contributed by atoms with van der Waals surface area (Å²) in [6.45, 7) is 1.99. The summed E-state index contributed by atoms with van der Waals surface area (Å²) in [6.07, 6.45) is 1.75. The molecule has 0 unspecified atom stereocenters. The van der Waals surface area contributed by atoms with E-state index in [1.165, 1.54) is 0 Å². The molecule has 0 amide bonds. The Morgan fingerprint density at radius 3 is 2.75 bits per heavy atom. The second-order valence-electron chi connectivity index (χ2n) is 3.22. The molecule has 3 nitrogen and oxygen atoms in total. The van der Waals surface area contributed by atoms with Crippen LogP contribution in [0.2, 0.25) is 5.02 Å². The van der Waals surface area contributed by atoms with Crippen LogP contribution in [0.5, 0.6) is 0 Å². The van der Waals surface area contributed by atoms with Crippen molar-refractivity contribution in [2.75, 3.05) is 5.43 Å². The molecule has 16 heavy (non-hydrogen) atoms. The molecule has 0 spiro atoms. The Hall–Kier alpha value is -1.09. The Labute approximate surface area is 105 Å². The molecule has 0 fully saturated rings. The predicted octanol–water partition coefficient (Wildman–Crippen LogP) is 2.55. The average Bonchev–Trinajstić information content (AvgIpc) is 2.67. The summed E-state index contributed by atoms with van der Waals surface area (Å²) in [7, 11) is 0. The number of nitrogens with zero attached hydrogens (tertiary/aromatic N) is 2. The maximum absolute atomic E-state index is 5.78. The number of benzene rings is 1. The fourth-order valence-corrected chi connectivity index (χ4v) is 2.58. The third kappa shape index (κ3) is 3.20. The van der Waals surface area contributed by atoms with Crippen LogP contribution in [0.4, 0.5) is 4.69 Å². The molecular formula is C11H10ClN3Se. The van der Waals surface area contributed by atoms with E-state index in [2.05, 4.69) is 20.5 Å². The van der Waals surface area contributed by atoms with Crippen molar-refractivity contribution in [2.24, 2.45) is 5.10 Å². The summed E-state index contributed by atoms with van der Waals surface area (Å²) >= 11 is 6.07. The molecule has 0 saturated heterocycles. The minimum atomic E-state index is 0.293. The quantitative estimate of drug-likeness (QED) is 0.537. The van der Waals surface area contributed by atoms with E-state index in [0.717, 1.165) is 21.0 Å². The minimum absolute atomic E-state index is 0.293. The third-order valence-electron chi connectivity index (χ3n) is 1.86. The standard InChI is InChI=1S/C11H10ClN3Se/c1-8-7-16-11(14-8)15-13-6-9-2-4-10(12)5-3-9/h2-7H,1H3,(H,14,15)/b13-6+. The number of halogens is 1. The maximum atomic E-state index is 5.78. The molecule has 2 rings (SSSR count). The zero-order valence-corrected chi connectivity index (χ0v) is 11.1. The monoisotopic (exact) mass is 299 g/mol. The Morgan fingerprint density at radius 2 is 2.12 bits per heavy atom. The Kier molecular flexibility index (Phi) is 3.78. The van der Waals surface area contributed by atoms with Crippen LogP contribution >= 0.6 is 11.6 Å². The van der Waals surface area contributed by atoms with Gasteiger partial charge in [0.05, 0.1) is 0 Å². The van der Waals surface area contributed by atoms with Crippen molar-refractivity contribution in [1.29, 1.82) is 0 Å². The van der Waals surface area contributed by atoms with Crippen LogP contribution < -0.4 is 5.43 Å². The number of hydrazone groups is 1. The van der Waals surface area contributed by atoms with Crippen LogP contribution in [0.15, 0.2) is 34.3 Å². The van der Waals surface area contributed by atoms with Crippen LogP contribution in [-0.4, -0.2) is 25.7 Å². The predicted molar refractivity (Wildman–Crippen MR) is 68.6 cm³/mol. The number of hydrogen-bond acceptors (Lipinski definition) is 3. The second kappa shape index (κ2) is 5.30. The first-order valence-corrected chi connectivity index (χ1v) is 6.93. The van der Waals surface area contributed by atoms with E-state index >= 15 is 0 Å². The summed E-state index contributed by atoms with van der Waals surface area (Å²) in [4.78, 5) is 6.41. The molecule has 1 aromatic carbocycles. The number of rotatable bonds is 3. The molecule has 1 N–H and O–H groups in total. The van der Waals surface area contributed by atoms with E-state index in [4.69, 9.17) is 11.6 Å². The first kappa shape index (κ1) is 11.4. The van der Waals surface area contributed by atoms with Crippen molar-refractivity contribution in [3.8, 4) is 0 Å². The van der Waals surface area contributed by atoms with Gasteiger partial charge in [-0.25, -0.2) is 0 Å². The average molecular weight is 299 g/mol. The van der Waals surface area contributed by atoms with E-state index in [1.54, 1.807) is 6.21 Å². The molecule has 5 heteroatoms. The Bertz CT molecular complexity index is 490. The zero-order valence-electron chi connectivity index (χ0n) is 8.64. The van der Waals surface area contributed by atoms with Gasteiger partial charge in [0.25, 0.3) is 0 Å². The fraction of sp³-hybridized carbons (Fsp3) is 0.0909. The first-order chi connectivity index (χ1) is 7.74. The van der Waals surface area contributed by atoms with Gasteiger partial charge in [-0.3, -0.25) is 0 Å². The van der Waals surface area contributed by atoms with Crippen LogP contribution in [0.1, 0.15) is 11.3 Å². The molecule has 82 valence electrons. The Morgan fingerprint density at radius 1 is 1.38 bits per heavy atom. The van der Waals surface area contributed by atoms with Crippen molar-refractivity contribution in [2.45, 2.75) is 6.92 Å². The van der Waals surface area contributed by atoms with Gasteiger partial charge in [0.2, 0.25) is 0 Å². The summed E-state index contributed by atoms with van der Waals surface area (Å²) in [5, 5.41) is 4.85. The van der Waals surface area contributed by atoms with Gasteiger partial charge in [0, 0.05) is 0 Å². The van der Waals surface area contributed by atoms with Gasteiger partial charge in [-0.15, -0.1) is 0 Å². The summed E-state index contributed by atoms with van der Waals surface area (Å²) in [5.41, 5.74) is 5.00. The van der Waals surface area contributed by atoms with Gasteiger partial charge >= 0.3 is 105 Å². The molecule has 0 atom stereocenters. The molecule has 1 heterocycles. The normalized spacial score (nSPS) is 10.9. The number of anilines is 1. The number of hydrogen-bond donors (Lipinski definition) is 1. The molecule has 0 aliphatic heterocycles. The van der Waals surface area contributed by atoms with Crippen molar-refractivity contribution in [1.82, 2.24) is 4.98 Å². The Balaban J connectivity index is 1.97. The van der Waals surface area contributed by atoms with Crippen LogP contribution in [0.25, 0.3) is 0 Å². The van der Waals surface area contributed by atoms with E-state index in [-0.39, 0.29) is 0 Å². The molecule has 0 radical (unpaired) electrons. The van der Waals surface area contributed by atoms with Crippen molar-refractivity contribution in [3.05, 3.63) is 45.5 Å². The van der Waals surface area contributed by atoms with Gasteiger partial charge in [-0.1, -0.05) is 0 Å². The van der Waals surface area contributed by atoms with Gasteiger partial charge in [-0.2, -0.15) is 0 Å². The van der Waals surface area contributed by atoms with Crippen molar-refractivity contribution in [3.63, 3.8) is 0 Å². The van der Waals surface area contributed by atoms with Crippen molar-refractivity contribution >= 4 is 37.0 Å². The number of nitrogens with one attached hydrogen (secondary N) is 1. The number of aryl methyl sites for hydroxylation is 1. The zero-order chi connectivity index (χ0) is 11.4. The van der Waals surface area contributed by atoms with Crippen LogP contribution in [0.3, 0.4) is 0 Å². The van der Waals surface area contributed by atoms with E-state index < -0.39 is 0 Å². The van der Waals surface area contributed by atoms with Gasteiger partial charge in [0.15, 0.2) is 0 Å². The summed E-state index contributed by atoms with van der Waals surface area (Å²) < 4.78 is 0.940. The van der Waals surface area contributed by atoms with Crippen molar-refractivity contribution < 1.29 is 0 Å². The fourth-order valence-electron chi connectivity index (χ4n) is 1.12. The molecule has 0 aliphatic carbocycles. The summed E-state index contributed by atoms with van der Waals surface area (Å²) in [6, 6.07) is 7.51. The van der Waals surface area contributed by atoms with Gasteiger partial charge in [-0.05, 0) is 0 Å². The first-order valence-electron chi connectivity index (χ1n) is 4.71. The van der Waals surface area contributed by atoms with E-state index in [0.29, 0.717) is 14.5 Å².